The number of halogens is 2. The molecule has 0 unspecified atom stereocenters. The van der Waals surface area contributed by atoms with Crippen molar-refractivity contribution in [1.82, 2.24) is 0 Å². The number of amides is 1. The van der Waals surface area contributed by atoms with E-state index >= 15 is 0 Å². The second kappa shape index (κ2) is 8.43. The third-order valence-corrected chi connectivity index (χ3v) is 3.82. The monoisotopic (exact) mass is 376 g/mol. The predicted octanol–water partition coefficient (Wildman–Crippen LogP) is 4.56. The first kappa shape index (κ1) is 18.7. The zero-order valence-electron chi connectivity index (χ0n) is 13.5. The van der Waals surface area contributed by atoms with Crippen molar-refractivity contribution in [2.45, 2.75) is 0 Å². The van der Waals surface area contributed by atoms with Gasteiger partial charge in [-0.05, 0) is 36.4 Å². The van der Waals surface area contributed by atoms with Gasteiger partial charge in [0, 0.05) is 22.3 Å². The average Bonchev–Trinajstić information content (AvgIpc) is 2.61. The van der Waals surface area contributed by atoms with Crippen molar-refractivity contribution in [3.05, 3.63) is 57.6 Å². The summed E-state index contributed by atoms with van der Waals surface area (Å²) in [5.41, 5.74) is 0.904. The van der Waals surface area contributed by atoms with E-state index in [0.29, 0.717) is 32.8 Å². The van der Waals surface area contributed by atoms with Crippen LogP contribution in [-0.4, -0.2) is 20.1 Å². The average molecular weight is 377 g/mol. The van der Waals surface area contributed by atoms with E-state index < -0.39 is 5.91 Å². The summed E-state index contributed by atoms with van der Waals surface area (Å²) in [7, 11) is 2.95. The molecule has 2 aromatic rings. The molecule has 1 N–H and O–H groups in total. The lowest BCUT2D eigenvalue weighted by Crippen LogP contribution is -2.13. The molecule has 2 aromatic carbocycles. The van der Waals surface area contributed by atoms with Gasteiger partial charge in [0.2, 0.25) is 0 Å². The van der Waals surface area contributed by atoms with Gasteiger partial charge in [-0.1, -0.05) is 23.2 Å². The molecule has 0 heterocycles. The van der Waals surface area contributed by atoms with Gasteiger partial charge in [-0.15, -0.1) is 0 Å². The van der Waals surface area contributed by atoms with Crippen LogP contribution in [0.15, 0.2) is 42.0 Å². The fourth-order valence-corrected chi connectivity index (χ4v) is 2.41. The largest absolute Gasteiger partial charge is 0.496 e. The third kappa shape index (κ3) is 4.66. The lowest BCUT2D eigenvalue weighted by Gasteiger charge is -2.10. The van der Waals surface area contributed by atoms with Crippen molar-refractivity contribution < 1.29 is 14.3 Å². The Morgan fingerprint density at radius 1 is 1.12 bits per heavy atom. The Morgan fingerprint density at radius 2 is 1.76 bits per heavy atom. The van der Waals surface area contributed by atoms with Crippen LogP contribution in [0.5, 0.6) is 11.5 Å². The Bertz CT molecular complexity index is 856. The van der Waals surface area contributed by atoms with Crippen molar-refractivity contribution >= 4 is 40.9 Å². The number of nitrogens with one attached hydrogen (secondary N) is 1. The molecule has 0 aromatic heterocycles. The van der Waals surface area contributed by atoms with Crippen molar-refractivity contribution in [1.29, 1.82) is 5.26 Å². The summed E-state index contributed by atoms with van der Waals surface area (Å²) in [5.74, 6) is 0.298. The minimum absolute atomic E-state index is 0.102. The Hall–Kier alpha value is -2.68. The minimum atomic E-state index is -0.557. The number of methoxy groups -OCH3 is 2. The maximum Gasteiger partial charge on any atom is 0.266 e. The topological polar surface area (TPSA) is 71.3 Å². The summed E-state index contributed by atoms with van der Waals surface area (Å²) in [6.45, 7) is 0. The Labute approximate surface area is 155 Å². The number of hydrogen-bond donors (Lipinski definition) is 1. The predicted molar refractivity (Wildman–Crippen MR) is 98.2 cm³/mol. The molecule has 0 fully saturated rings. The van der Waals surface area contributed by atoms with Crippen LogP contribution in [0.1, 0.15) is 5.56 Å². The van der Waals surface area contributed by atoms with Crippen molar-refractivity contribution in [2.75, 3.05) is 19.5 Å². The van der Waals surface area contributed by atoms with Gasteiger partial charge in [-0.2, -0.15) is 5.26 Å². The zero-order valence-corrected chi connectivity index (χ0v) is 15.0. The van der Waals surface area contributed by atoms with Gasteiger partial charge in [-0.3, -0.25) is 4.79 Å². The molecule has 0 bridgehead atoms. The van der Waals surface area contributed by atoms with Crippen LogP contribution >= 0.6 is 23.2 Å². The van der Waals surface area contributed by atoms with Crippen LogP contribution in [0.25, 0.3) is 6.08 Å². The molecule has 25 heavy (non-hydrogen) atoms. The van der Waals surface area contributed by atoms with Gasteiger partial charge in [0.1, 0.15) is 23.1 Å². The zero-order chi connectivity index (χ0) is 18.4. The first-order valence-corrected chi connectivity index (χ1v) is 7.84. The molecule has 0 aliphatic heterocycles. The number of rotatable bonds is 5. The van der Waals surface area contributed by atoms with E-state index in [-0.39, 0.29) is 5.57 Å². The van der Waals surface area contributed by atoms with Crippen LogP contribution in [0, 0.1) is 11.3 Å². The molecule has 0 saturated carbocycles. The van der Waals surface area contributed by atoms with Crippen LogP contribution in [0.4, 0.5) is 5.69 Å². The highest BCUT2D eigenvalue weighted by molar-refractivity contribution is 6.32. The van der Waals surface area contributed by atoms with Gasteiger partial charge in [0.15, 0.2) is 0 Å². The Balaban J connectivity index is 2.33. The number of carbonyl (C=O) groups excluding carboxylic acids is 1. The van der Waals surface area contributed by atoms with E-state index in [4.69, 9.17) is 32.7 Å². The molecule has 128 valence electrons. The van der Waals surface area contributed by atoms with Crippen LogP contribution in [0.3, 0.4) is 0 Å². The summed E-state index contributed by atoms with van der Waals surface area (Å²) in [5, 5.41) is 12.8. The fourth-order valence-electron chi connectivity index (χ4n) is 2.03. The molecule has 0 atom stereocenters. The molecule has 0 aliphatic rings. The molecule has 0 aliphatic carbocycles. The van der Waals surface area contributed by atoms with E-state index in [1.807, 2.05) is 6.07 Å². The van der Waals surface area contributed by atoms with Gasteiger partial charge in [-0.25, -0.2) is 0 Å². The first-order chi connectivity index (χ1) is 12.0. The highest BCUT2D eigenvalue weighted by atomic mass is 35.5. The SMILES string of the molecule is COc1cc(OC)c(/C=C(\C#N)C(=O)Nc2ccc(Cl)cc2)cc1Cl. The molecular weight excluding hydrogens is 363 g/mol. The van der Waals surface area contributed by atoms with Gasteiger partial charge < -0.3 is 14.8 Å². The second-order valence-electron chi connectivity index (χ2n) is 4.86. The third-order valence-electron chi connectivity index (χ3n) is 3.27. The van der Waals surface area contributed by atoms with E-state index in [0.717, 1.165) is 0 Å². The molecule has 5 nitrogen and oxygen atoms in total. The van der Waals surface area contributed by atoms with E-state index in [1.165, 1.54) is 20.3 Å². The van der Waals surface area contributed by atoms with Crippen LogP contribution in [0.2, 0.25) is 10.0 Å². The van der Waals surface area contributed by atoms with E-state index in [2.05, 4.69) is 5.32 Å². The minimum Gasteiger partial charge on any atom is -0.496 e. The Kier molecular flexibility index (Phi) is 6.29. The molecule has 0 spiro atoms. The number of anilines is 1. The summed E-state index contributed by atoms with van der Waals surface area (Å²) >= 11 is 11.9. The van der Waals surface area contributed by atoms with E-state index in [1.54, 1.807) is 36.4 Å². The molecule has 0 saturated heterocycles. The number of hydrogen-bond acceptors (Lipinski definition) is 4. The maximum absolute atomic E-state index is 12.3. The number of nitriles is 1. The number of ether oxygens (including phenoxy) is 2. The van der Waals surface area contributed by atoms with Gasteiger partial charge in [0.25, 0.3) is 5.91 Å². The molecule has 1 amide bonds. The number of benzene rings is 2. The van der Waals surface area contributed by atoms with Crippen molar-refractivity contribution in [3.63, 3.8) is 0 Å². The quantitative estimate of drug-likeness (QED) is 0.613. The summed E-state index contributed by atoms with van der Waals surface area (Å²) in [6, 6.07) is 11.6. The smallest absolute Gasteiger partial charge is 0.266 e. The normalized spacial score (nSPS) is 10.8. The van der Waals surface area contributed by atoms with Crippen LogP contribution < -0.4 is 14.8 Å². The van der Waals surface area contributed by atoms with Crippen LogP contribution in [-0.2, 0) is 4.79 Å². The van der Waals surface area contributed by atoms with Crippen molar-refractivity contribution in [2.24, 2.45) is 0 Å². The van der Waals surface area contributed by atoms with E-state index in [9.17, 15) is 10.1 Å². The van der Waals surface area contributed by atoms with Crippen molar-refractivity contribution in [3.8, 4) is 17.6 Å². The maximum atomic E-state index is 12.3. The first-order valence-electron chi connectivity index (χ1n) is 7.08. The van der Waals surface area contributed by atoms with Gasteiger partial charge in [0.05, 0.1) is 19.2 Å². The lowest BCUT2D eigenvalue weighted by atomic mass is 10.1. The molecule has 0 radical (unpaired) electrons. The second-order valence-corrected chi connectivity index (χ2v) is 5.70. The fraction of sp³-hybridized carbons (Fsp3) is 0.111. The van der Waals surface area contributed by atoms with Gasteiger partial charge >= 0.3 is 0 Å². The number of carbonyl (C=O) groups is 1. The highest BCUT2D eigenvalue weighted by Gasteiger charge is 2.13. The highest BCUT2D eigenvalue weighted by Crippen LogP contribution is 2.33. The lowest BCUT2D eigenvalue weighted by molar-refractivity contribution is -0.112. The summed E-state index contributed by atoms with van der Waals surface area (Å²) in [4.78, 5) is 12.3. The molecular formula is C18H14Cl2N2O3. The summed E-state index contributed by atoms with van der Waals surface area (Å²) < 4.78 is 10.4. The number of nitrogens with zero attached hydrogens (tertiary/aromatic N) is 1. The Morgan fingerprint density at radius 3 is 2.32 bits per heavy atom. The standard InChI is InChI=1S/C18H14Cl2N2O3/c1-24-16-9-17(25-2)15(20)8-11(16)7-12(10-21)18(23)22-14-5-3-13(19)4-6-14/h3-9H,1-2H3,(H,22,23)/b12-7+. The molecule has 7 heteroatoms. The summed E-state index contributed by atoms with van der Waals surface area (Å²) in [6.07, 6.45) is 1.40. The molecule has 2 rings (SSSR count).